The molecule has 0 aliphatic rings. The topological polar surface area (TPSA) is 52.6 Å². The van der Waals surface area contributed by atoms with Gasteiger partial charge in [-0.2, -0.15) is 0 Å². The zero-order valence-electron chi connectivity index (χ0n) is 11.8. The Bertz CT molecular complexity index is 463. The first-order chi connectivity index (χ1) is 9.99. The smallest absolute Gasteiger partial charge is 0.322 e. The third-order valence-electron chi connectivity index (χ3n) is 2.93. The molecule has 0 saturated carbocycles. The van der Waals surface area contributed by atoms with Gasteiger partial charge >= 0.3 is 6.03 Å². The van der Waals surface area contributed by atoms with Crippen molar-refractivity contribution in [3.05, 3.63) is 28.8 Å². The molecule has 0 spiro atoms. The van der Waals surface area contributed by atoms with Crippen LogP contribution in [-0.4, -0.2) is 35.7 Å². The molecule has 0 aromatic heterocycles. The third kappa shape index (κ3) is 5.47. The van der Waals surface area contributed by atoms with E-state index in [1.165, 1.54) is 4.90 Å². The maximum Gasteiger partial charge on any atom is 0.322 e. The minimum absolute atomic E-state index is 0.135. The van der Waals surface area contributed by atoms with Gasteiger partial charge < -0.3 is 15.3 Å². The molecule has 1 aromatic carbocycles. The molecule has 4 nitrogen and oxygen atoms in total. The standard InChI is InChI=1S/C14H19ClF2N2O2/c1-2-3-4-5-19(6-7-20)14(21)18-13-11(15)8-10(16)9-12(13)17/h8-9,20H,2-7H2,1H3,(H,18,21). The Morgan fingerprint density at radius 1 is 1.33 bits per heavy atom. The summed E-state index contributed by atoms with van der Waals surface area (Å²) in [5.41, 5.74) is -0.263. The molecule has 1 rings (SSSR count). The van der Waals surface area contributed by atoms with Crippen molar-refractivity contribution in [1.82, 2.24) is 4.90 Å². The van der Waals surface area contributed by atoms with E-state index in [0.717, 1.165) is 25.3 Å². The van der Waals surface area contributed by atoms with Gasteiger partial charge in [-0.15, -0.1) is 0 Å². The van der Waals surface area contributed by atoms with Crippen LogP contribution in [0.25, 0.3) is 0 Å². The average Bonchev–Trinajstić information content (AvgIpc) is 2.41. The van der Waals surface area contributed by atoms with Crippen molar-refractivity contribution in [3.8, 4) is 0 Å². The summed E-state index contributed by atoms with van der Waals surface area (Å²) in [6.07, 6.45) is 2.72. The van der Waals surface area contributed by atoms with Gasteiger partial charge in [0.2, 0.25) is 0 Å². The number of halogens is 3. The second kappa shape index (κ2) is 8.79. The Morgan fingerprint density at radius 3 is 2.62 bits per heavy atom. The molecule has 118 valence electrons. The van der Waals surface area contributed by atoms with Gasteiger partial charge in [0.1, 0.15) is 5.82 Å². The van der Waals surface area contributed by atoms with Gasteiger partial charge in [0.25, 0.3) is 0 Å². The van der Waals surface area contributed by atoms with Gasteiger partial charge in [-0.1, -0.05) is 31.4 Å². The third-order valence-corrected chi connectivity index (χ3v) is 3.23. The van der Waals surface area contributed by atoms with Crippen LogP contribution in [0.15, 0.2) is 12.1 Å². The number of urea groups is 1. The molecule has 0 unspecified atom stereocenters. The first kappa shape index (κ1) is 17.7. The molecule has 0 aliphatic heterocycles. The van der Waals surface area contributed by atoms with Crippen LogP contribution in [0, 0.1) is 11.6 Å². The van der Waals surface area contributed by atoms with Crippen LogP contribution in [0.2, 0.25) is 5.02 Å². The van der Waals surface area contributed by atoms with Crippen molar-refractivity contribution in [3.63, 3.8) is 0 Å². The van der Waals surface area contributed by atoms with Gasteiger partial charge in [0.05, 0.1) is 17.3 Å². The Labute approximate surface area is 127 Å². The van der Waals surface area contributed by atoms with Crippen molar-refractivity contribution in [1.29, 1.82) is 0 Å². The molecule has 1 aromatic rings. The largest absolute Gasteiger partial charge is 0.395 e. The van der Waals surface area contributed by atoms with Gasteiger partial charge in [0, 0.05) is 19.2 Å². The number of unbranched alkanes of at least 4 members (excludes halogenated alkanes) is 2. The van der Waals surface area contributed by atoms with E-state index >= 15 is 0 Å². The SMILES string of the molecule is CCCCCN(CCO)C(=O)Nc1c(F)cc(F)cc1Cl. The molecular formula is C14H19ClF2N2O2. The fourth-order valence-corrected chi connectivity index (χ4v) is 2.08. The number of aliphatic hydroxyl groups is 1. The fraction of sp³-hybridized carbons (Fsp3) is 0.500. The summed E-state index contributed by atoms with van der Waals surface area (Å²) in [5, 5.41) is 11.1. The molecule has 0 atom stereocenters. The maximum atomic E-state index is 13.6. The van der Waals surface area contributed by atoms with E-state index in [1.807, 2.05) is 6.92 Å². The van der Waals surface area contributed by atoms with Crippen LogP contribution in [0.3, 0.4) is 0 Å². The molecule has 0 aliphatic carbocycles. The molecular weight excluding hydrogens is 302 g/mol. The summed E-state index contributed by atoms with van der Waals surface area (Å²) < 4.78 is 26.6. The number of aliphatic hydroxyl groups excluding tert-OH is 1. The van der Waals surface area contributed by atoms with E-state index in [2.05, 4.69) is 5.32 Å². The van der Waals surface area contributed by atoms with Crippen LogP contribution < -0.4 is 5.32 Å². The van der Waals surface area contributed by atoms with Crippen molar-refractivity contribution in [2.75, 3.05) is 25.0 Å². The van der Waals surface area contributed by atoms with E-state index in [1.54, 1.807) is 0 Å². The molecule has 2 N–H and O–H groups in total. The Hall–Kier alpha value is -1.40. The highest BCUT2D eigenvalue weighted by Gasteiger charge is 2.17. The molecule has 2 amide bonds. The van der Waals surface area contributed by atoms with Crippen molar-refractivity contribution in [2.24, 2.45) is 0 Å². The highest BCUT2D eigenvalue weighted by molar-refractivity contribution is 6.33. The van der Waals surface area contributed by atoms with Crippen LogP contribution in [0.5, 0.6) is 0 Å². The lowest BCUT2D eigenvalue weighted by Gasteiger charge is -2.22. The molecule has 21 heavy (non-hydrogen) atoms. The number of carbonyl (C=O) groups is 1. The van der Waals surface area contributed by atoms with Gasteiger partial charge in [0.15, 0.2) is 5.82 Å². The van der Waals surface area contributed by atoms with Crippen LogP contribution in [0.1, 0.15) is 26.2 Å². The Morgan fingerprint density at radius 2 is 2.05 bits per heavy atom. The minimum Gasteiger partial charge on any atom is -0.395 e. The highest BCUT2D eigenvalue weighted by Crippen LogP contribution is 2.26. The summed E-state index contributed by atoms with van der Waals surface area (Å²) in [6, 6.07) is 0.996. The number of rotatable bonds is 7. The number of hydrogen-bond donors (Lipinski definition) is 2. The lowest BCUT2D eigenvalue weighted by molar-refractivity contribution is 0.187. The van der Waals surface area contributed by atoms with Crippen LogP contribution in [-0.2, 0) is 0 Å². The molecule has 0 saturated heterocycles. The van der Waals surface area contributed by atoms with Crippen LogP contribution in [0.4, 0.5) is 19.3 Å². The van der Waals surface area contributed by atoms with E-state index in [9.17, 15) is 13.6 Å². The van der Waals surface area contributed by atoms with Gasteiger partial charge in [-0.05, 0) is 12.5 Å². The highest BCUT2D eigenvalue weighted by atomic mass is 35.5. The quantitative estimate of drug-likeness (QED) is 0.754. The van der Waals surface area contributed by atoms with Gasteiger partial charge in [-0.3, -0.25) is 0 Å². The molecule has 0 fully saturated rings. The average molecular weight is 321 g/mol. The van der Waals surface area contributed by atoms with Crippen LogP contribution >= 0.6 is 11.6 Å². The lowest BCUT2D eigenvalue weighted by atomic mass is 10.2. The van der Waals surface area contributed by atoms with E-state index in [0.29, 0.717) is 12.6 Å². The fourth-order valence-electron chi connectivity index (χ4n) is 1.84. The minimum atomic E-state index is -0.939. The molecule has 0 heterocycles. The second-order valence-corrected chi connectivity index (χ2v) is 5.00. The zero-order chi connectivity index (χ0) is 15.8. The summed E-state index contributed by atoms with van der Waals surface area (Å²) in [7, 11) is 0. The summed E-state index contributed by atoms with van der Waals surface area (Å²) in [5.74, 6) is -1.75. The Kier molecular flexibility index (Phi) is 7.39. The van der Waals surface area contributed by atoms with E-state index in [4.69, 9.17) is 16.7 Å². The first-order valence-electron chi connectivity index (χ1n) is 6.81. The number of carbonyl (C=O) groups excluding carboxylic acids is 1. The van der Waals surface area contributed by atoms with Crippen molar-refractivity contribution >= 4 is 23.3 Å². The number of nitrogens with one attached hydrogen (secondary N) is 1. The summed E-state index contributed by atoms with van der Waals surface area (Å²) in [4.78, 5) is 13.4. The van der Waals surface area contributed by atoms with Gasteiger partial charge in [-0.25, -0.2) is 13.6 Å². The molecule has 0 radical (unpaired) electrons. The lowest BCUT2D eigenvalue weighted by Crippen LogP contribution is -2.38. The predicted molar refractivity (Wildman–Crippen MR) is 78.6 cm³/mol. The van der Waals surface area contributed by atoms with E-state index < -0.39 is 17.7 Å². The normalized spacial score (nSPS) is 10.5. The number of hydrogen-bond acceptors (Lipinski definition) is 2. The number of benzene rings is 1. The monoisotopic (exact) mass is 320 g/mol. The first-order valence-corrected chi connectivity index (χ1v) is 7.18. The van der Waals surface area contributed by atoms with E-state index in [-0.39, 0.29) is 23.9 Å². The number of anilines is 1. The second-order valence-electron chi connectivity index (χ2n) is 4.59. The Balaban J connectivity index is 2.76. The maximum absolute atomic E-state index is 13.6. The molecule has 0 bridgehead atoms. The van der Waals surface area contributed by atoms with Crippen molar-refractivity contribution < 1.29 is 18.7 Å². The predicted octanol–water partition coefficient (Wildman–Crippen LogP) is 3.63. The number of amides is 2. The number of nitrogens with zero attached hydrogens (tertiary/aromatic N) is 1. The zero-order valence-corrected chi connectivity index (χ0v) is 12.6. The van der Waals surface area contributed by atoms with Crippen molar-refractivity contribution in [2.45, 2.75) is 26.2 Å². The molecule has 7 heteroatoms. The summed E-state index contributed by atoms with van der Waals surface area (Å²) >= 11 is 5.72. The summed E-state index contributed by atoms with van der Waals surface area (Å²) in [6.45, 7) is 2.42.